The minimum atomic E-state index is -0.636. The van der Waals surface area contributed by atoms with Crippen molar-refractivity contribution >= 4 is 11.9 Å². The lowest BCUT2D eigenvalue weighted by molar-refractivity contribution is -0.158. The van der Waals surface area contributed by atoms with Gasteiger partial charge < -0.3 is 9.47 Å². The van der Waals surface area contributed by atoms with Crippen LogP contribution in [0.4, 0.5) is 0 Å². The molecule has 0 aliphatic carbocycles. The lowest BCUT2D eigenvalue weighted by Gasteiger charge is -2.31. The SMILES string of the molecule is C=C(C)C(=O)OC(C)(C)CCC(C)(C)OC(=O)C(=C)C. The molecule has 0 aromatic rings. The van der Waals surface area contributed by atoms with Crippen molar-refractivity contribution in [2.75, 3.05) is 0 Å². The third-order valence-electron chi connectivity index (χ3n) is 2.76. The molecule has 0 aromatic heterocycles. The zero-order valence-electron chi connectivity index (χ0n) is 13.5. The van der Waals surface area contributed by atoms with Crippen LogP contribution in [0.25, 0.3) is 0 Å². The van der Waals surface area contributed by atoms with E-state index in [1.807, 2.05) is 27.7 Å². The number of esters is 2. The molecule has 4 nitrogen and oxygen atoms in total. The fourth-order valence-corrected chi connectivity index (χ4v) is 1.38. The fraction of sp³-hybridized carbons (Fsp3) is 0.625. The molecule has 0 radical (unpaired) electrons. The molecule has 0 saturated heterocycles. The Kier molecular flexibility index (Phi) is 6.20. The van der Waals surface area contributed by atoms with Gasteiger partial charge >= 0.3 is 11.9 Å². The van der Waals surface area contributed by atoms with E-state index in [4.69, 9.17) is 9.47 Å². The van der Waals surface area contributed by atoms with Crippen LogP contribution < -0.4 is 0 Å². The number of carbonyl (C=O) groups excluding carboxylic acids is 2. The maximum absolute atomic E-state index is 11.5. The molecule has 114 valence electrons. The van der Waals surface area contributed by atoms with E-state index in [0.29, 0.717) is 24.0 Å². The third kappa shape index (κ3) is 7.12. The molecular weight excluding hydrogens is 256 g/mol. The molecule has 4 heteroatoms. The van der Waals surface area contributed by atoms with Crippen LogP contribution in [0.15, 0.2) is 24.3 Å². The van der Waals surface area contributed by atoms with E-state index in [1.54, 1.807) is 13.8 Å². The van der Waals surface area contributed by atoms with Crippen molar-refractivity contribution in [3.05, 3.63) is 24.3 Å². The highest BCUT2D eigenvalue weighted by atomic mass is 16.6. The van der Waals surface area contributed by atoms with Crippen molar-refractivity contribution in [3.8, 4) is 0 Å². The van der Waals surface area contributed by atoms with Gasteiger partial charge in [0.2, 0.25) is 0 Å². The molecule has 0 aromatic carbocycles. The quantitative estimate of drug-likeness (QED) is 0.529. The van der Waals surface area contributed by atoms with Gasteiger partial charge in [0.25, 0.3) is 0 Å². The summed E-state index contributed by atoms with van der Waals surface area (Å²) in [6.07, 6.45) is 1.14. The highest BCUT2D eigenvalue weighted by molar-refractivity contribution is 5.87. The number of rotatable bonds is 7. The average Bonchev–Trinajstić information content (AvgIpc) is 2.25. The second kappa shape index (κ2) is 6.73. The summed E-state index contributed by atoms with van der Waals surface area (Å²) in [4.78, 5) is 23.1. The first-order valence-electron chi connectivity index (χ1n) is 6.64. The van der Waals surface area contributed by atoms with Crippen LogP contribution in [0.5, 0.6) is 0 Å². The number of carbonyl (C=O) groups is 2. The Labute approximate surface area is 121 Å². The van der Waals surface area contributed by atoms with Crippen LogP contribution in [0.3, 0.4) is 0 Å². The van der Waals surface area contributed by atoms with Crippen LogP contribution in [-0.4, -0.2) is 23.1 Å². The van der Waals surface area contributed by atoms with Gasteiger partial charge in [-0.3, -0.25) is 0 Å². The van der Waals surface area contributed by atoms with Crippen molar-refractivity contribution in [3.63, 3.8) is 0 Å². The first kappa shape index (κ1) is 18.4. The summed E-state index contributed by atoms with van der Waals surface area (Å²) in [5, 5.41) is 0. The molecule has 0 rings (SSSR count). The van der Waals surface area contributed by atoms with Gasteiger partial charge in [0.15, 0.2) is 0 Å². The van der Waals surface area contributed by atoms with Gasteiger partial charge in [0, 0.05) is 11.1 Å². The number of hydrogen-bond donors (Lipinski definition) is 0. The molecule has 0 aliphatic heterocycles. The Balaban J connectivity index is 4.50. The van der Waals surface area contributed by atoms with Crippen LogP contribution in [0, 0.1) is 0 Å². The summed E-state index contributed by atoms with van der Waals surface area (Å²) < 4.78 is 10.7. The summed E-state index contributed by atoms with van der Waals surface area (Å²) in [7, 11) is 0. The lowest BCUT2D eigenvalue weighted by atomic mass is 9.93. The van der Waals surface area contributed by atoms with Crippen molar-refractivity contribution in [1.29, 1.82) is 0 Å². The first-order valence-corrected chi connectivity index (χ1v) is 6.64. The van der Waals surface area contributed by atoms with Crippen LogP contribution in [-0.2, 0) is 19.1 Å². The Morgan fingerprint density at radius 3 is 1.25 bits per heavy atom. The predicted molar refractivity (Wildman–Crippen MR) is 79.2 cm³/mol. The fourth-order valence-electron chi connectivity index (χ4n) is 1.38. The van der Waals surface area contributed by atoms with Gasteiger partial charge in [-0.05, 0) is 54.4 Å². The molecular formula is C16H26O4. The van der Waals surface area contributed by atoms with Gasteiger partial charge in [-0.25, -0.2) is 9.59 Å². The monoisotopic (exact) mass is 282 g/mol. The Bertz CT molecular complexity index is 376. The predicted octanol–water partition coefficient (Wildman–Crippen LogP) is 3.56. The molecule has 0 amide bonds. The van der Waals surface area contributed by atoms with Gasteiger partial charge in [0.05, 0.1) is 0 Å². The zero-order valence-corrected chi connectivity index (χ0v) is 13.5. The van der Waals surface area contributed by atoms with Crippen molar-refractivity contribution in [2.24, 2.45) is 0 Å². The first-order chi connectivity index (χ1) is 8.86. The van der Waals surface area contributed by atoms with Crippen LogP contribution in [0.1, 0.15) is 54.4 Å². The van der Waals surface area contributed by atoms with Gasteiger partial charge in [-0.15, -0.1) is 0 Å². The highest BCUT2D eigenvalue weighted by Crippen LogP contribution is 2.26. The van der Waals surface area contributed by atoms with E-state index in [9.17, 15) is 9.59 Å². The Morgan fingerprint density at radius 2 is 1.05 bits per heavy atom. The smallest absolute Gasteiger partial charge is 0.333 e. The Hall–Kier alpha value is -1.58. The van der Waals surface area contributed by atoms with E-state index in [0.717, 1.165) is 0 Å². The summed E-state index contributed by atoms with van der Waals surface area (Å²) in [5.74, 6) is -0.821. The summed E-state index contributed by atoms with van der Waals surface area (Å²) in [6, 6.07) is 0. The molecule has 0 fully saturated rings. The minimum Gasteiger partial charge on any atom is -0.456 e. The molecule has 0 heterocycles. The van der Waals surface area contributed by atoms with Gasteiger partial charge in [-0.2, -0.15) is 0 Å². The van der Waals surface area contributed by atoms with Crippen LogP contribution in [0.2, 0.25) is 0 Å². The molecule has 0 N–H and O–H groups in total. The summed E-state index contributed by atoms with van der Waals surface area (Å²) in [5.41, 5.74) is -0.539. The molecule has 20 heavy (non-hydrogen) atoms. The maximum Gasteiger partial charge on any atom is 0.333 e. The minimum absolute atomic E-state index is 0.367. The van der Waals surface area contributed by atoms with E-state index in [1.165, 1.54) is 0 Å². The Morgan fingerprint density at radius 1 is 0.800 bits per heavy atom. The third-order valence-corrected chi connectivity index (χ3v) is 2.76. The van der Waals surface area contributed by atoms with E-state index in [-0.39, 0.29) is 0 Å². The maximum atomic E-state index is 11.5. The molecule has 0 spiro atoms. The molecule has 0 saturated carbocycles. The normalized spacial score (nSPS) is 11.7. The molecule has 0 unspecified atom stereocenters. The van der Waals surface area contributed by atoms with Crippen molar-refractivity contribution < 1.29 is 19.1 Å². The van der Waals surface area contributed by atoms with Gasteiger partial charge in [0.1, 0.15) is 11.2 Å². The van der Waals surface area contributed by atoms with Crippen molar-refractivity contribution in [2.45, 2.75) is 65.6 Å². The molecule has 0 aliphatic rings. The second-order valence-corrected chi connectivity index (χ2v) is 6.36. The molecule has 0 atom stereocenters. The number of hydrogen-bond acceptors (Lipinski definition) is 4. The van der Waals surface area contributed by atoms with Gasteiger partial charge in [-0.1, -0.05) is 13.2 Å². The average molecular weight is 282 g/mol. The van der Waals surface area contributed by atoms with Crippen molar-refractivity contribution in [1.82, 2.24) is 0 Å². The van der Waals surface area contributed by atoms with Crippen LogP contribution >= 0.6 is 0 Å². The van der Waals surface area contributed by atoms with E-state index >= 15 is 0 Å². The topological polar surface area (TPSA) is 52.6 Å². The number of ether oxygens (including phenoxy) is 2. The molecule has 0 bridgehead atoms. The summed E-state index contributed by atoms with van der Waals surface area (Å²) in [6.45, 7) is 17.6. The lowest BCUT2D eigenvalue weighted by Crippen LogP contribution is -2.34. The van der Waals surface area contributed by atoms with E-state index < -0.39 is 23.1 Å². The second-order valence-electron chi connectivity index (χ2n) is 6.36. The summed E-state index contributed by atoms with van der Waals surface area (Å²) >= 11 is 0. The zero-order chi connectivity index (χ0) is 16.1. The largest absolute Gasteiger partial charge is 0.456 e. The standard InChI is InChI=1S/C16H26O4/c1-11(2)13(17)19-15(5,6)9-10-16(7,8)20-14(18)12(3)4/h1,3,9-10H2,2,4-8H3. The highest BCUT2D eigenvalue weighted by Gasteiger charge is 2.30. The van der Waals surface area contributed by atoms with E-state index in [2.05, 4.69) is 13.2 Å².